The fraction of sp³-hybridized carbons (Fsp3) is 0.100. The van der Waals surface area contributed by atoms with Crippen molar-refractivity contribution in [3.05, 3.63) is 107 Å². The maximum Gasteiger partial charge on any atom is 0.263 e. The van der Waals surface area contributed by atoms with Gasteiger partial charge in [-0.25, -0.2) is 4.98 Å². The normalized spacial score (nSPS) is 11.4. The third-order valence-electron chi connectivity index (χ3n) is 5.85. The van der Waals surface area contributed by atoms with E-state index in [1.807, 2.05) is 71.4 Å². The number of benzene rings is 3. The maximum absolute atomic E-state index is 13.5. The molecule has 0 aliphatic heterocycles. The lowest BCUT2D eigenvalue weighted by atomic mass is 10.1. The van der Waals surface area contributed by atoms with Crippen molar-refractivity contribution in [2.75, 3.05) is 24.9 Å². The number of ether oxygens (including phenoxy) is 2. The third-order valence-corrected chi connectivity index (χ3v) is 8.75. The van der Waals surface area contributed by atoms with Crippen molar-refractivity contribution in [1.29, 1.82) is 0 Å². The number of hydrogen-bond donors (Lipinski definition) is 2. The SMILES string of the molecule is COc1cccc(OC)c1C(=O)Nc1cccc(SC(C(=O)Nc2nc(-c3cccs3)cs2)c2ccccc2)c1. The Hall–Kier alpha value is -4.12. The Bertz CT molecular complexity index is 1580. The van der Waals surface area contributed by atoms with Crippen LogP contribution >= 0.6 is 34.4 Å². The summed E-state index contributed by atoms with van der Waals surface area (Å²) in [6, 6.07) is 26.1. The topological polar surface area (TPSA) is 89.5 Å². The number of aromatic nitrogens is 1. The second-order valence-corrected chi connectivity index (χ2v) is 11.4. The maximum atomic E-state index is 13.5. The molecule has 0 spiro atoms. The van der Waals surface area contributed by atoms with E-state index in [0.29, 0.717) is 27.9 Å². The predicted octanol–water partition coefficient (Wildman–Crippen LogP) is 7.61. The van der Waals surface area contributed by atoms with E-state index in [2.05, 4.69) is 15.6 Å². The molecule has 5 aromatic rings. The van der Waals surface area contributed by atoms with E-state index in [1.54, 1.807) is 35.6 Å². The molecule has 3 aromatic carbocycles. The molecule has 40 heavy (non-hydrogen) atoms. The van der Waals surface area contributed by atoms with Crippen LogP contribution in [0.1, 0.15) is 21.2 Å². The summed E-state index contributed by atoms with van der Waals surface area (Å²) >= 11 is 4.39. The molecule has 2 aromatic heterocycles. The first-order valence-corrected chi connectivity index (χ1v) is 14.8. The molecule has 10 heteroatoms. The minimum absolute atomic E-state index is 0.184. The Kier molecular flexibility index (Phi) is 8.80. The summed E-state index contributed by atoms with van der Waals surface area (Å²) in [5, 5.41) is 9.85. The van der Waals surface area contributed by atoms with Crippen molar-refractivity contribution in [1.82, 2.24) is 4.98 Å². The number of nitrogens with zero attached hydrogens (tertiary/aromatic N) is 1. The number of nitrogens with one attached hydrogen (secondary N) is 2. The van der Waals surface area contributed by atoms with E-state index in [-0.39, 0.29) is 11.8 Å². The van der Waals surface area contributed by atoms with Gasteiger partial charge in [-0.15, -0.1) is 34.4 Å². The summed E-state index contributed by atoms with van der Waals surface area (Å²) < 4.78 is 10.8. The average Bonchev–Trinajstić information content (AvgIpc) is 3.68. The molecule has 0 bridgehead atoms. The van der Waals surface area contributed by atoms with Crippen molar-refractivity contribution in [2.24, 2.45) is 0 Å². The Morgan fingerprint density at radius 3 is 2.30 bits per heavy atom. The van der Waals surface area contributed by atoms with Gasteiger partial charge in [0.1, 0.15) is 22.3 Å². The molecule has 1 atom stereocenters. The highest BCUT2D eigenvalue weighted by Gasteiger charge is 2.24. The number of methoxy groups -OCH3 is 2. The van der Waals surface area contributed by atoms with Crippen LogP contribution in [0.3, 0.4) is 0 Å². The van der Waals surface area contributed by atoms with E-state index >= 15 is 0 Å². The first-order valence-electron chi connectivity index (χ1n) is 12.2. The molecule has 0 saturated heterocycles. The van der Waals surface area contributed by atoms with Crippen molar-refractivity contribution in [3.63, 3.8) is 0 Å². The van der Waals surface area contributed by atoms with Gasteiger partial charge in [-0.3, -0.25) is 9.59 Å². The molecule has 7 nitrogen and oxygen atoms in total. The van der Waals surface area contributed by atoms with Crippen LogP contribution in [0.2, 0.25) is 0 Å². The lowest BCUT2D eigenvalue weighted by molar-refractivity contribution is -0.115. The van der Waals surface area contributed by atoms with Crippen LogP contribution in [0, 0.1) is 0 Å². The molecule has 2 heterocycles. The lowest BCUT2D eigenvalue weighted by Crippen LogP contribution is -2.19. The third kappa shape index (κ3) is 6.36. The van der Waals surface area contributed by atoms with Crippen LogP contribution in [0.25, 0.3) is 10.6 Å². The van der Waals surface area contributed by atoms with Crippen LogP contribution in [-0.4, -0.2) is 31.0 Å². The Balaban J connectivity index is 1.36. The van der Waals surface area contributed by atoms with E-state index < -0.39 is 5.25 Å². The number of carbonyl (C=O) groups excluding carboxylic acids is 2. The monoisotopic (exact) mass is 587 g/mol. The summed E-state index contributed by atoms with van der Waals surface area (Å²) in [5.41, 5.74) is 2.58. The largest absolute Gasteiger partial charge is 0.496 e. The molecule has 202 valence electrons. The minimum Gasteiger partial charge on any atom is -0.496 e. The zero-order valence-electron chi connectivity index (χ0n) is 21.6. The summed E-state index contributed by atoms with van der Waals surface area (Å²) in [6.45, 7) is 0. The first kappa shape index (κ1) is 27.4. The van der Waals surface area contributed by atoms with E-state index in [9.17, 15) is 9.59 Å². The van der Waals surface area contributed by atoms with Gasteiger partial charge in [0.25, 0.3) is 5.91 Å². The molecule has 0 radical (unpaired) electrons. The van der Waals surface area contributed by atoms with E-state index in [0.717, 1.165) is 21.0 Å². The van der Waals surface area contributed by atoms with Gasteiger partial charge in [0, 0.05) is 16.0 Å². The van der Waals surface area contributed by atoms with Crippen molar-refractivity contribution >= 4 is 57.1 Å². The van der Waals surface area contributed by atoms with Gasteiger partial charge >= 0.3 is 0 Å². The van der Waals surface area contributed by atoms with Gasteiger partial charge in [-0.2, -0.15) is 0 Å². The molecule has 1 unspecified atom stereocenters. The number of thiophene rings is 1. The second-order valence-electron chi connectivity index (χ2n) is 8.43. The molecule has 2 N–H and O–H groups in total. The van der Waals surface area contributed by atoms with Gasteiger partial charge in [0.05, 0.1) is 24.8 Å². The Labute approximate surface area is 244 Å². The molecule has 0 aliphatic rings. The van der Waals surface area contributed by atoms with Crippen LogP contribution in [-0.2, 0) is 4.79 Å². The van der Waals surface area contributed by atoms with Gasteiger partial charge in [-0.05, 0) is 47.3 Å². The fourth-order valence-corrected chi connectivity index (χ4v) is 6.55. The standard InChI is InChI=1S/C30H25N3O4S3/c1-36-23-13-7-14-24(37-2)26(23)28(34)31-20-11-6-12-21(17-20)40-27(19-9-4-3-5-10-19)29(35)33-30-32-22(18-39-30)25-15-8-16-38-25/h3-18,27H,1-2H3,(H,31,34)(H,32,33,35). The second kappa shape index (κ2) is 12.8. The smallest absolute Gasteiger partial charge is 0.263 e. The predicted molar refractivity (Wildman–Crippen MR) is 163 cm³/mol. The number of amides is 2. The van der Waals surface area contributed by atoms with Gasteiger partial charge in [0.2, 0.25) is 5.91 Å². The number of thiazole rings is 1. The zero-order chi connectivity index (χ0) is 27.9. The molecule has 0 fully saturated rings. The quantitative estimate of drug-likeness (QED) is 0.164. The van der Waals surface area contributed by atoms with Crippen LogP contribution < -0.4 is 20.1 Å². The number of thioether (sulfide) groups is 1. The van der Waals surface area contributed by atoms with Gasteiger partial charge in [-0.1, -0.05) is 48.5 Å². The van der Waals surface area contributed by atoms with Crippen LogP contribution in [0.5, 0.6) is 11.5 Å². The number of rotatable bonds is 10. The highest BCUT2D eigenvalue weighted by molar-refractivity contribution is 8.00. The molecular weight excluding hydrogens is 563 g/mol. The average molecular weight is 588 g/mol. The minimum atomic E-state index is -0.546. The number of anilines is 2. The van der Waals surface area contributed by atoms with Gasteiger partial charge < -0.3 is 20.1 Å². The molecule has 2 amide bonds. The molecule has 0 saturated carbocycles. The zero-order valence-corrected chi connectivity index (χ0v) is 24.1. The lowest BCUT2D eigenvalue weighted by Gasteiger charge is -2.17. The number of hydrogen-bond acceptors (Lipinski definition) is 8. The van der Waals surface area contributed by atoms with Gasteiger partial charge in [0.15, 0.2) is 5.13 Å². The fourth-order valence-electron chi connectivity index (χ4n) is 3.99. The van der Waals surface area contributed by atoms with Crippen molar-refractivity contribution in [2.45, 2.75) is 10.1 Å². The Morgan fingerprint density at radius 2 is 1.60 bits per heavy atom. The van der Waals surface area contributed by atoms with Crippen molar-refractivity contribution < 1.29 is 19.1 Å². The summed E-state index contributed by atoms with van der Waals surface area (Å²) in [5.74, 6) is 0.274. The summed E-state index contributed by atoms with van der Waals surface area (Å²) in [6.07, 6.45) is 0. The van der Waals surface area contributed by atoms with Crippen LogP contribution in [0.4, 0.5) is 10.8 Å². The van der Waals surface area contributed by atoms with Crippen LogP contribution in [0.15, 0.2) is 101 Å². The number of carbonyl (C=O) groups is 2. The highest BCUT2D eigenvalue weighted by atomic mass is 32.2. The van der Waals surface area contributed by atoms with Crippen molar-refractivity contribution in [3.8, 4) is 22.1 Å². The van der Waals surface area contributed by atoms with E-state index in [4.69, 9.17) is 9.47 Å². The van der Waals surface area contributed by atoms with E-state index in [1.165, 1.54) is 37.3 Å². The molecular formula is C30H25N3O4S3. The molecule has 0 aliphatic carbocycles. The summed E-state index contributed by atoms with van der Waals surface area (Å²) in [7, 11) is 3.01. The summed E-state index contributed by atoms with van der Waals surface area (Å²) in [4.78, 5) is 33.2. The highest BCUT2D eigenvalue weighted by Crippen LogP contribution is 2.38. The Morgan fingerprint density at radius 1 is 0.850 bits per heavy atom. The molecule has 5 rings (SSSR count). The first-order chi connectivity index (χ1) is 19.6.